The van der Waals surface area contributed by atoms with Gasteiger partial charge in [0.2, 0.25) is 5.91 Å². The topological polar surface area (TPSA) is 79.5 Å². The maximum atomic E-state index is 12.2. The summed E-state index contributed by atoms with van der Waals surface area (Å²) < 4.78 is 5.29. The van der Waals surface area contributed by atoms with Crippen LogP contribution in [0.3, 0.4) is 0 Å². The van der Waals surface area contributed by atoms with E-state index < -0.39 is 0 Å². The largest absolute Gasteiger partial charge is 0.381 e. The summed E-state index contributed by atoms with van der Waals surface area (Å²) in [6.45, 7) is 2.29. The number of carbonyl (C=O) groups is 2. The molecule has 2 amide bonds. The van der Waals surface area contributed by atoms with Gasteiger partial charge < -0.3 is 20.7 Å². The first kappa shape index (κ1) is 16.0. The fraction of sp³-hybridized carbons (Fsp3) is 0.529. The highest BCUT2D eigenvalue weighted by atomic mass is 16.5. The molecule has 0 bridgehead atoms. The SMILES string of the molecule is O=C(NC1CCOCC1)c1ccc(NC(=O)C2CCCN2)cc1. The van der Waals surface area contributed by atoms with Gasteiger partial charge in [0.25, 0.3) is 5.91 Å². The smallest absolute Gasteiger partial charge is 0.251 e. The summed E-state index contributed by atoms with van der Waals surface area (Å²) in [5.74, 6) is -0.0888. The zero-order valence-corrected chi connectivity index (χ0v) is 13.1. The van der Waals surface area contributed by atoms with Crippen molar-refractivity contribution in [2.45, 2.75) is 37.8 Å². The number of ether oxygens (including phenoxy) is 1. The van der Waals surface area contributed by atoms with Crippen LogP contribution in [0.4, 0.5) is 5.69 Å². The van der Waals surface area contributed by atoms with E-state index in [-0.39, 0.29) is 23.9 Å². The van der Waals surface area contributed by atoms with Crippen molar-refractivity contribution in [3.8, 4) is 0 Å². The van der Waals surface area contributed by atoms with Crippen LogP contribution in [0.25, 0.3) is 0 Å². The van der Waals surface area contributed by atoms with Crippen LogP contribution in [-0.2, 0) is 9.53 Å². The Bertz CT molecular complexity index is 547. The molecule has 6 heteroatoms. The molecule has 124 valence electrons. The van der Waals surface area contributed by atoms with E-state index in [0.717, 1.165) is 32.2 Å². The van der Waals surface area contributed by atoms with E-state index in [1.54, 1.807) is 24.3 Å². The molecule has 2 saturated heterocycles. The minimum absolute atomic E-state index is 0.0121. The number of hydrogen-bond acceptors (Lipinski definition) is 4. The van der Waals surface area contributed by atoms with Gasteiger partial charge in [-0.15, -0.1) is 0 Å². The van der Waals surface area contributed by atoms with E-state index in [0.29, 0.717) is 24.5 Å². The third-order valence-electron chi connectivity index (χ3n) is 4.35. The molecule has 1 aromatic rings. The summed E-state index contributed by atoms with van der Waals surface area (Å²) in [6.07, 6.45) is 3.61. The van der Waals surface area contributed by atoms with Crippen LogP contribution in [0.2, 0.25) is 0 Å². The summed E-state index contributed by atoms with van der Waals surface area (Å²) in [5.41, 5.74) is 1.32. The van der Waals surface area contributed by atoms with E-state index in [4.69, 9.17) is 4.74 Å². The van der Waals surface area contributed by atoms with Gasteiger partial charge in [-0.1, -0.05) is 0 Å². The predicted molar refractivity (Wildman–Crippen MR) is 87.4 cm³/mol. The van der Waals surface area contributed by atoms with E-state index in [9.17, 15) is 9.59 Å². The molecule has 0 saturated carbocycles. The van der Waals surface area contributed by atoms with Crippen molar-refractivity contribution >= 4 is 17.5 Å². The molecule has 0 aromatic heterocycles. The third-order valence-corrected chi connectivity index (χ3v) is 4.35. The van der Waals surface area contributed by atoms with Crippen LogP contribution in [0.5, 0.6) is 0 Å². The minimum Gasteiger partial charge on any atom is -0.381 e. The lowest BCUT2D eigenvalue weighted by molar-refractivity contribution is -0.117. The standard InChI is InChI=1S/C17H23N3O3/c21-16(19-14-7-10-23-11-8-14)12-3-5-13(6-4-12)20-17(22)15-2-1-9-18-15/h3-6,14-15,18H,1-2,7-11H2,(H,19,21)(H,20,22). The lowest BCUT2D eigenvalue weighted by Crippen LogP contribution is -2.38. The fourth-order valence-electron chi connectivity index (χ4n) is 2.95. The summed E-state index contributed by atoms with van der Waals surface area (Å²) in [6, 6.07) is 7.10. The molecule has 6 nitrogen and oxygen atoms in total. The van der Waals surface area contributed by atoms with Gasteiger partial charge >= 0.3 is 0 Å². The molecule has 1 atom stereocenters. The molecule has 2 fully saturated rings. The van der Waals surface area contributed by atoms with E-state index in [2.05, 4.69) is 16.0 Å². The van der Waals surface area contributed by atoms with E-state index >= 15 is 0 Å². The average molecular weight is 317 g/mol. The van der Waals surface area contributed by atoms with Gasteiger partial charge in [0.1, 0.15) is 0 Å². The normalized spacial score (nSPS) is 21.8. The Morgan fingerprint density at radius 2 is 1.83 bits per heavy atom. The molecular formula is C17H23N3O3. The van der Waals surface area contributed by atoms with Gasteiger partial charge in [-0.3, -0.25) is 9.59 Å². The van der Waals surface area contributed by atoms with Crippen molar-refractivity contribution in [2.24, 2.45) is 0 Å². The first-order valence-electron chi connectivity index (χ1n) is 8.25. The quantitative estimate of drug-likeness (QED) is 0.782. The summed E-state index contributed by atoms with van der Waals surface area (Å²) in [4.78, 5) is 24.2. The van der Waals surface area contributed by atoms with Gasteiger partial charge in [0.15, 0.2) is 0 Å². The molecule has 2 heterocycles. The Morgan fingerprint density at radius 1 is 1.09 bits per heavy atom. The fourth-order valence-corrected chi connectivity index (χ4v) is 2.95. The molecule has 23 heavy (non-hydrogen) atoms. The Labute approximate surface area is 136 Å². The molecule has 3 rings (SSSR count). The van der Waals surface area contributed by atoms with Crippen LogP contribution in [-0.4, -0.2) is 43.7 Å². The van der Waals surface area contributed by atoms with Gasteiger partial charge in [-0.05, 0) is 56.5 Å². The van der Waals surface area contributed by atoms with Crippen molar-refractivity contribution in [3.63, 3.8) is 0 Å². The number of benzene rings is 1. The second-order valence-electron chi connectivity index (χ2n) is 6.08. The van der Waals surface area contributed by atoms with Crippen molar-refractivity contribution in [1.29, 1.82) is 0 Å². The maximum absolute atomic E-state index is 12.2. The molecule has 0 spiro atoms. The van der Waals surface area contributed by atoms with Crippen LogP contribution in [0.15, 0.2) is 24.3 Å². The molecule has 0 aliphatic carbocycles. The number of rotatable bonds is 4. The monoisotopic (exact) mass is 317 g/mol. The van der Waals surface area contributed by atoms with E-state index in [1.807, 2.05) is 0 Å². The zero-order valence-electron chi connectivity index (χ0n) is 13.1. The number of carbonyl (C=O) groups excluding carboxylic acids is 2. The van der Waals surface area contributed by atoms with Crippen molar-refractivity contribution in [2.75, 3.05) is 25.1 Å². The van der Waals surface area contributed by atoms with Gasteiger partial charge in [-0.25, -0.2) is 0 Å². The zero-order chi connectivity index (χ0) is 16.1. The highest BCUT2D eigenvalue weighted by molar-refractivity contribution is 5.97. The number of nitrogens with one attached hydrogen (secondary N) is 3. The van der Waals surface area contributed by atoms with Crippen molar-refractivity contribution in [3.05, 3.63) is 29.8 Å². The predicted octanol–water partition coefficient (Wildman–Crippen LogP) is 1.29. The second-order valence-corrected chi connectivity index (χ2v) is 6.08. The van der Waals surface area contributed by atoms with Gasteiger partial charge in [0.05, 0.1) is 6.04 Å². The third kappa shape index (κ3) is 4.30. The molecule has 2 aliphatic rings. The highest BCUT2D eigenvalue weighted by Crippen LogP contribution is 2.13. The van der Waals surface area contributed by atoms with Gasteiger partial charge in [-0.2, -0.15) is 0 Å². The summed E-state index contributed by atoms with van der Waals surface area (Å²) in [7, 11) is 0. The second kappa shape index (κ2) is 7.57. The first-order chi connectivity index (χ1) is 11.2. The number of hydrogen-bond donors (Lipinski definition) is 3. The molecule has 1 unspecified atom stereocenters. The molecule has 2 aliphatic heterocycles. The molecule has 0 radical (unpaired) electrons. The Kier molecular flexibility index (Phi) is 5.25. The van der Waals surface area contributed by atoms with Crippen molar-refractivity contribution < 1.29 is 14.3 Å². The number of amides is 2. The Morgan fingerprint density at radius 3 is 2.48 bits per heavy atom. The minimum atomic E-state index is -0.105. The molecule has 1 aromatic carbocycles. The molecule has 3 N–H and O–H groups in total. The van der Waals surface area contributed by atoms with Crippen LogP contribution in [0, 0.1) is 0 Å². The maximum Gasteiger partial charge on any atom is 0.251 e. The lowest BCUT2D eigenvalue weighted by Gasteiger charge is -2.23. The van der Waals surface area contributed by atoms with Crippen LogP contribution >= 0.6 is 0 Å². The summed E-state index contributed by atoms with van der Waals surface area (Å²) >= 11 is 0. The highest BCUT2D eigenvalue weighted by Gasteiger charge is 2.22. The average Bonchev–Trinajstić information content (AvgIpc) is 3.11. The first-order valence-corrected chi connectivity index (χ1v) is 8.25. The Balaban J connectivity index is 1.53. The van der Waals surface area contributed by atoms with Crippen molar-refractivity contribution in [1.82, 2.24) is 10.6 Å². The van der Waals surface area contributed by atoms with Crippen LogP contribution < -0.4 is 16.0 Å². The Hall–Kier alpha value is -1.92. The van der Waals surface area contributed by atoms with E-state index in [1.165, 1.54) is 0 Å². The van der Waals surface area contributed by atoms with Gasteiger partial charge in [0, 0.05) is 30.5 Å². The summed E-state index contributed by atoms with van der Waals surface area (Å²) in [5, 5.41) is 9.07. The lowest BCUT2D eigenvalue weighted by atomic mass is 10.1. The molecular weight excluding hydrogens is 294 g/mol. The van der Waals surface area contributed by atoms with Crippen LogP contribution in [0.1, 0.15) is 36.0 Å². The number of anilines is 1.